The smallest absolute Gasteiger partial charge is 0.329 e. The molecule has 2 aromatic carbocycles. The van der Waals surface area contributed by atoms with Gasteiger partial charge in [-0.15, -0.1) is 0 Å². The van der Waals surface area contributed by atoms with E-state index in [0.717, 1.165) is 6.07 Å². The Hall–Kier alpha value is -3.97. The molecule has 0 fully saturated rings. The Morgan fingerprint density at radius 3 is 2.45 bits per heavy atom. The molecule has 2 aromatic rings. The predicted molar refractivity (Wildman–Crippen MR) is 120 cm³/mol. The number of nitriles is 1. The first-order chi connectivity index (χ1) is 15.6. The Morgan fingerprint density at radius 2 is 1.88 bits per heavy atom. The van der Waals surface area contributed by atoms with E-state index in [4.69, 9.17) is 21.6 Å². The van der Waals surface area contributed by atoms with Crippen LogP contribution in [0.5, 0.6) is 0 Å². The molecule has 0 radical (unpaired) electrons. The number of carbonyl (C=O) groups excluding carboxylic acids is 3. The van der Waals surface area contributed by atoms with Crippen LogP contribution in [0, 0.1) is 27.4 Å². The number of esters is 1. The number of anilines is 1. The van der Waals surface area contributed by atoms with E-state index < -0.39 is 47.0 Å². The van der Waals surface area contributed by atoms with Crippen LogP contribution in [0.3, 0.4) is 0 Å². The lowest BCUT2D eigenvalue weighted by Crippen LogP contribution is -2.46. The molecule has 2 amide bonds. The summed E-state index contributed by atoms with van der Waals surface area (Å²) in [6.45, 7) is 2.44. The minimum Gasteiger partial charge on any atom is -0.454 e. The average molecular weight is 473 g/mol. The number of nitro benzene ring substituents is 1. The molecule has 0 aliphatic rings. The second kappa shape index (κ2) is 11.6. The number of nitro groups is 1. The van der Waals surface area contributed by atoms with E-state index >= 15 is 0 Å². The van der Waals surface area contributed by atoms with Gasteiger partial charge in [-0.1, -0.05) is 43.6 Å². The quantitative estimate of drug-likeness (QED) is 0.255. The maximum Gasteiger partial charge on any atom is 0.329 e. The van der Waals surface area contributed by atoms with Gasteiger partial charge in [0.25, 0.3) is 17.5 Å². The van der Waals surface area contributed by atoms with Crippen molar-refractivity contribution in [3.63, 3.8) is 0 Å². The van der Waals surface area contributed by atoms with Crippen molar-refractivity contribution in [3.8, 4) is 6.07 Å². The van der Waals surface area contributed by atoms with E-state index in [1.165, 1.54) is 17.0 Å². The maximum absolute atomic E-state index is 12.6. The fourth-order valence-electron chi connectivity index (χ4n) is 2.82. The Kier molecular flexibility index (Phi) is 8.89. The molecule has 0 aliphatic heterocycles. The molecule has 1 atom stereocenters. The molecule has 0 heterocycles. The van der Waals surface area contributed by atoms with E-state index in [-0.39, 0.29) is 17.1 Å². The minimum absolute atomic E-state index is 0.0649. The van der Waals surface area contributed by atoms with Gasteiger partial charge in [0, 0.05) is 17.3 Å². The van der Waals surface area contributed by atoms with Gasteiger partial charge >= 0.3 is 5.97 Å². The summed E-state index contributed by atoms with van der Waals surface area (Å²) in [5.41, 5.74) is -0.0415. The summed E-state index contributed by atoms with van der Waals surface area (Å²) < 4.78 is 5.11. The van der Waals surface area contributed by atoms with Crippen LogP contribution in [0.25, 0.3) is 0 Å². The van der Waals surface area contributed by atoms with Gasteiger partial charge in [-0.3, -0.25) is 24.6 Å². The lowest BCUT2D eigenvalue weighted by Gasteiger charge is -2.23. The van der Waals surface area contributed by atoms with Crippen molar-refractivity contribution in [1.82, 2.24) is 5.32 Å². The number of para-hydroxylation sites is 1. The number of amides is 2. The number of carbonyl (C=O) groups is 3. The number of halogens is 1. The molecule has 10 nitrogen and oxygen atoms in total. The van der Waals surface area contributed by atoms with Crippen molar-refractivity contribution in [2.24, 2.45) is 5.92 Å². The van der Waals surface area contributed by atoms with Crippen LogP contribution in [0.1, 0.15) is 24.2 Å². The summed E-state index contributed by atoms with van der Waals surface area (Å²) in [6.07, 6.45) is 0. The van der Waals surface area contributed by atoms with E-state index in [1.54, 1.807) is 44.2 Å². The van der Waals surface area contributed by atoms with E-state index in [9.17, 15) is 24.5 Å². The minimum atomic E-state index is -1.12. The summed E-state index contributed by atoms with van der Waals surface area (Å²) >= 11 is 5.76. The Labute approximate surface area is 194 Å². The van der Waals surface area contributed by atoms with Gasteiger partial charge in [-0.25, -0.2) is 4.79 Å². The van der Waals surface area contributed by atoms with Crippen LogP contribution in [-0.4, -0.2) is 41.9 Å². The van der Waals surface area contributed by atoms with E-state index in [2.05, 4.69) is 5.32 Å². The molecule has 172 valence electrons. The van der Waals surface area contributed by atoms with Crippen molar-refractivity contribution in [2.75, 3.05) is 18.1 Å². The Bertz CT molecular complexity index is 1080. The van der Waals surface area contributed by atoms with Crippen LogP contribution in [-0.2, 0) is 14.3 Å². The molecular weight excluding hydrogens is 452 g/mol. The Morgan fingerprint density at radius 1 is 1.21 bits per heavy atom. The molecular formula is C22H21ClN4O6. The fraction of sp³-hybridized carbons (Fsp3) is 0.273. The van der Waals surface area contributed by atoms with Crippen LogP contribution >= 0.6 is 11.6 Å². The van der Waals surface area contributed by atoms with Crippen LogP contribution in [0.4, 0.5) is 11.4 Å². The SMILES string of the molecule is CC(C)C(NC(=O)c1ccc(Cl)c([N+](=O)[O-])c1)C(=O)OCC(=O)N(CC#N)c1ccccc1. The highest BCUT2D eigenvalue weighted by atomic mass is 35.5. The topological polar surface area (TPSA) is 143 Å². The van der Waals surface area contributed by atoms with Crippen LogP contribution in [0.2, 0.25) is 5.02 Å². The van der Waals surface area contributed by atoms with Gasteiger partial charge in [-0.2, -0.15) is 5.26 Å². The third-order valence-corrected chi connectivity index (χ3v) is 4.87. The molecule has 2 rings (SSSR count). The molecule has 0 saturated carbocycles. The maximum atomic E-state index is 12.6. The first kappa shape index (κ1) is 25.3. The van der Waals surface area contributed by atoms with Gasteiger partial charge in [0.2, 0.25) is 0 Å². The van der Waals surface area contributed by atoms with Crippen molar-refractivity contribution in [1.29, 1.82) is 5.26 Å². The molecule has 0 aromatic heterocycles. The molecule has 11 heteroatoms. The van der Waals surface area contributed by atoms with Gasteiger partial charge in [0.1, 0.15) is 17.6 Å². The molecule has 0 spiro atoms. The number of ether oxygens (including phenoxy) is 1. The third-order valence-electron chi connectivity index (χ3n) is 4.55. The zero-order chi connectivity index (χ0) is 24.5. The fourth-order valence-corrected chi connectivity index (χ4v) is 3.01. The first-order valence-electron chi connectivity index (χ1n) is 9.79. The van der Waals surface area contributed by atoms with Crippen molar-refractivity contribution >= 4 is 40.8 Å². The highest BCUT2D eigenvalue weighted by Crippen LogP contribution is 2.25. The number of hydrogen-bond donors (Lipinski definition) is 1. The summed E-state index contributed by atoms with van der Waals surface area (Å²) in [6, 6.07) is 12.7. The number of hydrogen-bond acceptors (Lipinski definition) is 7. The van der Waals surface area contributed by atoms with Crippen molar-refractivity contribution in [2.45, 2.75) is 19.9 Å². The number of nitrogens with zero attached hydrogens (tertiary/aromatic N) is 3. The summed E-state index contributed by atoms with van der Waals surface area (Å²) in [7, 11) is 0. The summed E-state index contributed by atoms with van der Waals surface area (Å²) in [5.74, 6) is -2.63. The lowest BCUT2D eigenvalue weighted by molar-refractivity contribution is -0.384. The Balaban J connectivity index is 2.08. The largest absolute Gasteiger partial charge is 0.454 e. The monoisotopic (exact) mass is 472 g/mol. The predicted octanol–water partition coefficient (Wildman–Crippen LogP) is 3.10. The molecule has 1 unspecified atom stereocenters. The molecule has 33 heavy (non-hydrogen) atoms. The first-order valence-corrected chi connectivity index (χ1v) is 10.2. The molecule has 0 saturated heterocycles. The molecule has 1 N–H and O–H groups in total. The second-order valence-electron chi connectivity index (χ2n) is 7.20. The summed E-state index contributed by atoms with van der Waals surface area (Å²) in [5, 5.41) is 22.4. The number of benzene rings is 2. The lowest BCUT2D eigenvalue weighted by atomic mass is 10.0. The van der Waals surface area contributed by atoms with Gasteiger partial charge < -0.3 is 10.1 Å². The average Bonchev–Trinajstić information content (AvgIpc) is 2.79. The highest BCUT2D eigenvalue weighted by molar-refractivity contribution is 6.32. The molecule has 0 bridgehead atoms. The van der Waals surface area contributed by atoms with Crippen LogP contribution in [0.15, 0.2) is 48.5 Å². The number of nitrogens with one attached hydrogen (secondary N) is 1. The standard InChI is InChI=1S/C22H21ClN4O6/c1-14(2)20(25-21(29)15-8-9-17(23)18(12-15)27(31)32)22(30)33-13-19(28)26(11-10-24)16-6-4-3-5-7-16/h3-9,12,14,20H,11,13H2,1-2H3,(H,25,29). The third kappa shape index (κ3) is 6.75. The van der Waals surface area contributed by atoms with E-state index in [0.29, 0.717) is 5.69 Å². The number of rotatable bonds is 9. The van der Waals surface area contributed by atoms with Crippen LogP contribution < -0.4 is 10.2 Å². The second-order valence-corrected chi connectivity index (χ2v) is 7.61. The van der Waals surface area contributed by atoms with Gasteiger partial charge in [0.15, 0.2) is 6.61 Å². The normalized spacial score (nSPS) is 11.2. The van der Waals surface area contributed by atoms with Crippen molar-refractivity contribution in [3.05, 3.63) is 69.2 Å². The van der Waals surface area contributed by atoms with E-state index in [1.807, 2.05) is 6.07 Å². The summed E-state index contributed by atoms with van der Waals surface area (Å²) in [4.78, 5) is 49.2. The zero-order valence-electron chi connectivity index (χ0n) is 17.9. The van der Waals surface area contributed by atoms with Gasteiger partial charge in [-0.05, 0) is 30.2 Å². The zero-order valence-corrected chi connectivity index (χ0v) is 18.6. The van der Waals surface area contributed by atoms with Gasteiger partial charge in [0.05, 0.1) is 11.0 Å². The molecule has 0 aliphatic carbocycles. The van der Waals surface area contributed by atoms with Crippen molar-refractivity contribution < 1.29 is 24.0 Å². The highest BCUT2D eigenvalue weighted by Gasteiger charge is 2.28.